The summed E-state index contributed by atoms with van der Waals surface area (Å²) in [7, 11) is -2.16. The number of amidine groups is 1. The van der Waals surface area contributed by atoms with Crippen molar-refractivity contribution in [2.45, 2.75) is 4.90 Å². The average Bonchev–Trinajstić information content (AvgIpc) is 3.18. The van der Waals surface area contributed by atoms with Crippen LogP contribution in [0, 0.1) is 0 Å². The maximum absolute atomic E-state index is 13.4. The van der Waals surface area contributed by atoms with Crippen LogP contribution in [-0.4, -0.2) is 38.8 Å². The van der Waals surface area contributed by atoms with Crippen LogP contribution in [0.5, 0.6) is 5.75 Å². The predicted octanol–water partition coefficient (Wildman–Crippen LogP) is 3.30. The van der Waals surface area contributed by atoms with E-state index in [0.29, 0.717) is 30.1 Å². The number of nitrogens with zero attached hydrogens (tertiary/aromatic N) is 2. The van der Waals surface area contributed by atoms with Gasteiger partial charge in [0.25, 0.3) is 10.0 Å². The highest BCUT2D eigenvalue weighted by molar-refractivity contribution is 7.90. The standard InChI is InChI=1S/C20H18N2O3S/c1-25-18-11-12-19(17-10-6-5-9-16(17)18)26(23,24)22-14-13-21-20(22)15-7-3-2-4-8-15/h2-12H,13-14H2,1H3. The van der Waals surface area contributed by atoms with E-state index in [1.165, 1.54) is 4.31 Å². The fourth-order valence-electron chi connectivity index (χ4n) is 3.25. The fraction of sp³-hybridized carbons (Fsp3) is 0.150. The van der Waals surface area contributed by atoms with Crippen LogP contribution in [0.4, 0.5) is 0 Å². The van der Waals surface area contributed by atoms with Crippen LogP contribution in [-0.2, 0) is 10.0 Å². The fourth-order valence-corrected chi connectivity index (χ4v) is 4.90. The Labute approximate surface area is 152 Å². The summed E-state index contributed by atoms with van der Waals surface area (Å²) in [5.41, 5.74) is 0.798. The number of fused-ring (bicyclic) bond motifs is 1. The van der Waals surface area contributed by atoms with E-state index in [1.54, 1.807) is 25.3 Å². The molecule has 0 bridgehead atoms. The highest BCUT2D eigenvalue weighted by Gasteiger charge is 2.32. The molecule has 0 fully saturated rings. The minimum Gasteiger partial charge on any atom is -0.496 e. The van der Waals surface area contributed by atoms with Crippen LogP contribution < -0.4 is 4.74 Å². The maximum atomic E-state index is 13.4. The number of hydrogen-bond donors (Lipinski definition) is 0. The third-order valence-electron chi connectivity index (χ3n) is 4.46. The first-order valence-corrected chi connectivity index (χ1v) is 9.75. The molecule has 26 heavy (non-hydrogen) atoms. The molecule has 132 valence electrons. The van der Waals surface area contributed by atoms with Crippen LogP contribution in [0.2, 0.25) is 0 Å². The summed E-state index contributed by atoms with van der Waals surface area (Å²) in [5.74, 6) is 1.14. The van der Waals surface area contributed by atoms with Gasteiger partial charge in [0.2, 0.25) is 0 Å². The van der Waals surface area contributed by atoms with Crippen molar-refractivity contribution in [1.29, 1.82) is 0 Å². The zero-order chi connectivity index (χ0) is 18.1. The van der Waals surface area contributed by atoms with Gasteiger partial charge in [0.1, 0.15) is 11.6 Å². The smallest absolute Gasteiger partial charge is 0.266 e. The van der Waals surface area contributed by atoms with Crippen molar-refractivity contribution in [1.82, 2.24) is 4.31 Å². The van der Waals surface area contributed by atoms with Gasteiger partial charge in [0, 0.05) is 16.3 Å². The Morgan fingerprint density at radius 2 is 1.62 bits per heavy atom. The molecule has 0 aliphatic carbocycles. The summed E-state index contributed by atoms with van der Waals surface area (Å²) in [6, 6.07) is 20.1. The van der Waals surface area contributed by atoms with Crippen LogP contribution >= 0.6 is 0 Å². The lowest BCUT2D eigenvalue weighted by molar-refractivity contribution is 0.419. The van der Waals surface area contributed by atoms with E-state index in [9.17, 15) is 8.42 Å². The van der Waals surface area contributed by atoms with E-state index in [-0.39, 0.29) is 4.90 Å². The highest BCUT2D eigenvalue weighted by Crippen LogP contribution is 2.33. The van der Waals surface area contributed by atoms with E-state index in [4.69, 9.17) is 4.74 Å². The van der Waals surface area contributed by atoms with Crippen molar-refractivity contribution in [2.75, 3.05) is 20.2 Å². The summed E-state index contributed by atoms with van der Waals surface area (Å²) in [6.07, 6.45) is 0. The number of sulfonamides is 1. The second-order valence-corrected chi connectivity index (χ2v) is 7.79. The molecule has 3 aromatic rings. The second-order valence-electron chi connectivity index (χ2n) is 5.96. The van der Waals surface area contributed by atoms with Gasteiger partial charge in [-0.15, -0.1) is 0 Å². The summed E-state index contributed by atoms with van der Waals surface area (Å²) >= 11 is 0. The third-order valence-corrected chi connectivity index (χ3v) is 6.31. The molecule has 3 aromatic carbocycles. The Hall–Kier alpha value is -2.86. The molecule has 5 nitrogen and oxygen atoms in total. The molecule has 0 unspecified atom stereocenters. The van der Waals surface area contributed by atoms with Crippen LogP contribution in [0.25, 0.3) is 10.8 Å². The monoisotopic (exact) mass is 366 g/mol. The topological polar surface area (TPSA) is 59.0 Å². The highest BCUT2D eigenvalue weighted by atomic mass is 32.2. The molecule has 0 N–H and O–H groups in total. The van der Waals surface area contributed by atoms with Crippen molar-refractivity contribution in [2.24, 2.45) is 4.99 Å². The minimum absolute atomic E-state index is 0.263. The van der Waals surface area contributed by atoms with Crippen molar-refractivity contribution in [3.05, 3.63) is 72.3 Å². The van der Waals surface area contributed by atoms with E-state index in [0.717, 1.165) is 10.9 Å². The SMILES string of the molecule is COc1ccc(S(=O)(=O)N2CCN=C2c2ccccc2)c2ccccc12. The molecule has 1 heterocycles. The Bertz CT molecular complexity index is 1090. The Morgan fingerprint density at radius 1 is 0.923 bits per heavy atom. The molecular weight excluding hydrogens is 348 g/mol. The molecule has 0 saturated carbocycles. The van der Waals surface area contributed by atoms with Crippen molar-refractivity contribution >= 4 is 26.6 Å². The summed E-state index contributed by atoms with van der Waals surface area (Å²) < 4.78 is 33.7. The van der Waals surface area contributed by atoms with Gasteiger partial charge >= 0.3 is 0 Å². The molecule has 4 rings (SSSR count). The number of methoxy groups -OCH3 is 1. The lowest BCUT2D eigenvalue weighted by Crippen LogP contribution is -2.35. The zero-order valence-electron chi connectivity index (χ0n) is 14.3. The molecule has 6 heteroatoms. The molecule has 1 aliphatic heterocycles. The second kappa shape index (κ2) is 6.46. The van der Waals surface area contributed by atoms with Gasteiger partial charge in [-0.1, -0.05) is 54.6 Å². The number of hydrogen-bond acceptors (Lipinski definition) is 4. The van der Waals surface area contributed by atoms with Crippen LogP contribution in [0.15, 0.2) is 76.6 Å². The molecule has 0 spiro atoms. The van der Waals surface area contributed by atoms with Crippen LogP contribution in [0.1, 0.15) is 5.56 Å². The quantitative estimate of drug-likeness (QED) is 0.712. The number of benzene rings is 3. The van der Waals surface area contributed by atoms with Gasteiger partial charge in [-0.3, -0.25) is 4.99 Å². The maximum Gasteiger partial charge on any atom is 0.266 e. The zero-order valence-corrected chi connectivity index (χ0v) is 15.1. The van der Waals surface area contributed by atoms with Crippen molar-refractivity contribution < 1.29 is 13.2 Å². The first-order chi connectivity index (χ1) is 12.6. The molecule has 0 radical (unpaired) electrons. The number of rotatable bonds is 4. The first-order valence-electron chi connectivity index (χ1n) is 8.31. The lowest BCUT2D eigenvalue weighted by Gasteiger charge is -2.22. The van der Waals surface area contributed by atoms with Gasteiger partial charge in [-0.05, 0) is 12.1 Å². The Kier molecular flexibility index (Phi) is 4.12. The summed E-state index contributed by atoms with van der Waals surface area (Å²) in [6.45, 7) is 0.796. The van der Waals surface area contributed by atoms with Crippen molar-refractivity contribution in [3.63, 3.8) is 0 Å². The number of aliphatic imine (C=N–C) groups is 1. The molecule has 0 saturated heterocycles. The van der Waals surface area contributed by atoms with E-state index >= 15 is 0 Å². The molecular formula is C20H18N2O3S. The largest absolute Gasteiger partial charge is 0.496 e. The van der Waals surface area contributed by atoms with E-state index in [2.05, 4.69) is 4.99 Å². The lowest BCUT2D eigenvalue weighted by atomic mass is 10.1. The molecule has 1 aliphatic rings. The molecule has 0 atom stereocenters. The Balaban J connectivity index is 1.86. The minimum atomic E-state index is -3.74. The average molecular weight is 366 g/mol. The third kappa shape index (κ3) is 2.63. The molecule has 0 amide bonds. The van der Waals surface area contributed by atoms with Gasteiger partial charge in [-0.2, -0.15) is 0 Å². The van der Waals surface area contributed by atoms with Gasteiger partial charge in [0.15, 0.2) is 0 Å². The Morgan fingerprint density at radius 3 is 2.35 bits per heavy atom. The summed E-state index contributed by atoms with van der Waals surface area (Å²) in [4.78, 5) is 4.70. The summed E-state index contributed by atoms with van der Waals surface area (Å²) in [5, 5.41) is 1.42. The van der Waals surface area contributed by atoms with E-state index in [1.807, 2.05) is 48.5 Å². The first kappa shape index (κ1) is 16.6. The molecule has 0 aromatic heterocycles. The van der Waals surface area contributed by atoms with Gasteiger partial charge in [0.05, 0.1) is 25.1 Å². The normalized spacial score (nSPS) is 14.5. The predicted molar refractivity (Wildman–Crippen MR) is 102 cm³/mol. The van der Waals surface area contributed by atoms with Gasteiger partial charge < -0.3 is 4.74 Å². The van der Waals surface area contributed by atoms with E-state index < -0.39 is 10.0 Å². The van der Waals surface area contributed by atoms with Crippen molar-refractivity contribution in [3.8, 4) is 5.75 Å². The van der Waals surface area contributed by atoms with Crippen LogP contribution in [0.3, 0.4) is 0 Å². The number of ether oxygens (including phenoxy) is 1. The van der Waals surface area contributed by atoms with Gasteiger partial charge in [-0.25, -0.2) is 12.7 Å².